The molecule has 0 amide bonds. The summed E-state index contributed by atoms with van der Waals surface area (Å²) in [6.07, 6.45) is 9.24. The first kappa shape index (κ1) is 22.1. The molecule has 0 unspecified atom stereocenters. The van der Waals surface area contributed by atoms with Crippen molar-refractivity contribution in [3.05, 3.63) is 93.9 Å². The summed E-state index contributed by atoms with van der Waals surface area (Å²) in [5.41, 5.74) is 2.83. The van der Waals surface area contributed by atoms with E-state index in [1.54, 1.807) is 3.88 Å². The molecule has 0 saturated carbocycles. The molecule has 0 aromatic heterocycles. The fourth-order valence-electron chi connectivity index (χ4n) is 3.28. The first-order valence-electron chi connectivity index (χ1n) is 9.94. The van der Waals surface area contributed by atoms with Gasteiger partial charge in [-0.25, -0.2) is 0 Å². The second-order valence-electron chi connectivity index (χ2n) is 7.84. The maximum Gasteiger partial charge on any atom is -0.0238 e. The molecule has 0 bridgehead atoms. The van der Waals surface area contributed by atoms with E-state index in [2.05, 4.69) is 111 Å². The van der Waals surface area contributed by atoms with E-state index >= 15 is 0 Å². The van der Waals surface area contributed by atoms with Crippen LogP contribution in [0.5, 0.6) is 0 Å². The van der Waals surface area contributed by atoms with Crippen molar-refractivity contribution < 1.29 is 18.4 Å². The van der Waals surface area contributed by atoms with Crippen LogP contribution in [0, 0.1) is 0 Å². The Morgan fingerprint density at radius 2 is 1.41 bits per heavy atom. The van der Waals surface area contributed by atoms with Crippen molar-refractivity contribution in [2.45, 2.75) is 52.2 Å². The van der Waals surface area contributed by atoms with Gasteiger partial charge in [-0.2, -0.15) is 0 Å². The molecule has 2 aromatic rings. The maximum absolute atomic E-state index is 3.77. The van der Waals surface area contributed by atoms with Crippen molar-refractivity contribution >= 4 is 6.10 Å². The van der Waals surface area contributed by atoms with E-state index in [1.165, 1.54) is 17.5 Å². The number of hydrogen-bond acceptors (Lipinski definition) is 1. The van der Waals surface area contributed by atoms with E-state index in [0.29, 0.717) is 6.04 Å². The standard InChI is InChI=1S/C14H14.C5H14NSi.C5H5.Ti/c1-3-7-13(8-4-1)11-12-14-9-5-2-6-10-14;1-5(2)6-7(3)4;1-2-4-5-3-1;/h1-10H,11-12H2;5-6H,1-4H3;1-3H,4H2;. The van der Waals surface area contributed by atoms with Crippen LogP contribution in [0.4, 0.5) is 0 Å². The van der Waals surface area contributed by atoms with Crippen molar-refractivity contribution in [1.82, 2.24) is 4.98 Å². The third kappa shape index (κ3) is 9.53. The van der Waals surface area contributed by atoms with Crippen molar-refractivity contribution in [2.75, 3.05) is 0 Å². The van der Waals surface area contributed by atoms with Crippen LogP contribution >= 0.6 is 0 Å². The van der Waals surface area contributed by atoms with Gasteiger partial charge in [-0.05, 0) is 24.0 Å². The van der Waals surface area contributed by atoms with E-state index in [9.17, 15) is 0 Å². The molecule has 3 rings (SSSR count). The fraction of sp³-hybridized carbons (Fsp3) is 0.333. The minimum atomic E-state index is -1.06. The van der Waals surface area contributed by atoms with Crippen molar-refractivity contribution in [3.63, 3.8) is 0 Å². The van der Waals surface area contributed by atoms with Gasteiger partial charge in [-0.15, -0.1) is 0 Å². The zero-order valence-corrected chi connectivity index (χ0v) is 19.8. The molecular weight excluding hydrogens is 378 g/mol. The average Bonchev–Trinajstić information content (AvgIpc) is 3.13. The molecule has 0 saturated heterocycles. The van der Waals surface area contributed by atoms with Crippen molar-refractivity contribution in [2.24, 2.45) is 0 Å². The van der Waals surface area contributed by atoms with Crippen LogP contribution in [0.1, 0.15) is 31.4 Å². The Balaban J connectivity index is 0.000000194. The summed E-state index contributed by atoms with van der Waals surface area (Å²) in [6.45, 7) is 9.43. The van der Waals surface area contributed by atoms with Crippen LogP contribution in [0.2, 0.25) is 13.1 Å². The molecule has 0 fully saturated rings. The molecular formula is C24H33NSiTi. The molecule has 0 aliphatic heterocycles. The summed E-state index contributed by atoms with van der Waals surface area (Å²) >= 11 is 0.128. The van der Waals surface area contributed by atoms with Crippen LogP contribution in [0.15, 0.2) is 82.8 Å². The number of hydrogen-bond donors (Lipinski definition) is 1. The quantitative estimate of drug-likeness (QED) is 0.544. The number of rotatable bonds is 7. The molecule has 2 aromatic carbocycles. The van der Waals surface area contributed by atoms with Gasteiger partial charge in [0.25, 0.3) is 0 Å². The molecule has 0 atom stereocenters. The zero-order valence-electron chi connectivity index (χ0n) is 17.2. The average molecular weight is 411 g/mol. The summed E-state index contributed by atoms with van der Waals surface area (Å²) in [5, 5.41) is 0. The minimum Gasteiger partial charge on any atom is -0.0622 e. The van der Waals surface area contributed by atoms with E-state index in [0.717, 1.165) is 12.8 Å². The fourth-order valence-corrected chi connectivity index (χ4v) is 12.4. The van der Waals surface area contributed by atoms with Crippen LogP contribution in [0.25, 0.3) is 0 Å². The van der Waals surface area contributed by atoms with Gasteiger partial charge in [0.15, 0.2) is 0 Å². The van der Waals surface area contributed by atoms with Gasteiger partial charge in [0.05, 0.1) is 0 Å². The third-order valence-electron chi connectivity index (χ3n) is 4.28. The third-order valence-corrected chi connectivity index (χ3v) is 12.2. The van der Waals surface area contributed by atoms with Gasteiger partial charge in [-0.1, -0.05) is 60.7 Å². The Kier molecular flexibility index (Phi) is 9.50. The second-order valence-corrected chi connectivity index (χ2v) is 19.7. The summed E-state index contributed by atoms with van der Waals surface area (Å²) in [7, 11) is 0. The van der Waals surface area contributed by atoms with Crippen LogP contribution in [-0.4, -0.2) is 12.1 Å². The number of aryl methyl sites for hydroxylation is 2. The molecule has 27 heavy (non-hydrogen) atoms. The molecule has 1 N–H and O–H groups in total. The molecule has 0 spiro atoms. The van der Waals surface area contributed by atoms with Crippen molar-refractivity contribution in [1.29, 1.82) is 0 Å². The largest absolute Gasteiger partial charge is 0.0622 e. The van der Waals surface area contributed by atoms with Gasteiger partial charge in [0.2, 0.25) is 0 Å². The van der Waals surface area contributed by atoms with Crippen LogP contribution < -0.4 is 4.98 Å². The molecule has 1 aliphatic rings. The summed E-state index contributed by atoms with van der Waals surface area (Å²) < 4.78 is 1.73. The molecule has 1 aliphatic carbocycles. The SMILES string of the molecule is CC(C)N[Si](C)(C)[Ti][C]1=CC=CC1.c1ccc(CCc2ccccc2)cc1. The van der Waals surface area contributed by atoms with Crippen LogP contribution in [0.3, 0.4) is 0 Å². The molecule has 0 radical (unpaired) electrons. The Labute approximate surface area is 175 Å². The molecule has 142 valence electrons. The number of benzene rings is 2. The molecule has 3 heteroatoms. The summed E-state index contributed by atoms with van der Waals surface area (Å²) in [4.78, 5) is 3.77. The van der Waals surface area contributed by atoms with Gasteiger partial charge in [0.1, 0.15) is 0 Å². The normalized spacial score (nSPS) is 13.1. The van der Waals surface area contributed by atoms with E-state index in [1.807, 2.05) is 0 Å². The maximum atomic E-state index is 3.77. The zero-order chi connectivity index (χ0) is 19.5. The van der Waals surface area contributed by atoms with Gasteiger partial charge in [0, 0.05) is 0 Å². The molecule has 1 nitrogen and oxygen atoms in total. The van der Waals surface area contributed by atoms with Gasteiger partial charge >= 0.3 is 91.0 Å². The Morgan fingerprint density at radius 1 is 0.889 bits per heavy atom. The van der Waals surface area contributed by atoms with E-state index in [4.69, 9.17) is 0 Å². The topological polar surface area (TPSA) is 12.0 Å². The minimum absolute atomic E-state index is 0.128. The summed E-state index contributed by atoms with van der Waals surface area (Å²) in [5.74, 6) is 0. The van der Waals surface area contributed by atoms with Crippen molar-refractivity contribution in [3.8, 4) is 0 Å². The summed E-state index contributed by atoms with van der Waals surface area (Å²) in [6, 6.07) is 21.9. The van der Waals surface area contributed by atoms with E-state index in [-0.39, 0.29) is 18.4 Å². The Morgan fingerprint density at radius 3 is 1.81 bits per heavy atom. The second kappa shape index (κ2) is 11.6. The number of nitrogens with one attached hydrogen (secondary N) is 1. The predicted octanol–water partition coefficient (Wildman–Crippen LogP) is 6.08. The monoisotopic (exact) mass is 411 g/mol. The predicted molar refractivity (Wildman–Crippen MR) is 118 cm³/mol. The first-order valence-corrected chi connectivity index (χ1v) is 16.1. The van der Waals surface area contributed by atoms with Crippen LogP contribution in [-0.2, 0) is 31.2 Å². The Bertz CT molecular complexity index is 681. The van der Waals surface area contributed by atoms with Gasteiger partial charge < -0.3 is 0 Å². The van der Waals surface area contributed by atoms with Gasteiger partial charge in [-0.3, -0.25) is 0 Å². The first-order chi connectivity index (χ1) is 12.9. The Hall–Kier alpha value is -1.19. The smallest absolute Gasteiger partial charge is 0.0238 e. The van der Waals surface area contributed by atoms with E-state index < -0.39 is 6.10 Å². The molecule has 0 heterocycles. The number of allylic oxidation sites excluding steroid dienone is 4.